The molecular weight excluding hydrogens is 312 g/mol. The first-order valence-electron chi connectivity index (χ1n) is 8.34. The first kappa shape index (κ1) is 15.6. The smallest absolute Gasteiger partial charge is 0.257 e. The van der Waals surface area contributed by atoms with Crippen molar-refractivity contribution in [3.8, 4) is 0 Å². The Hall–Kier alpha value is -1.95. The van der Waals surface area contributed by atoms with E-state index in [1.54, 1.807) is 24.9 Å². The number of pyridine rings is 1. The molecule has 0 amide bonds. The van der Waals surface area contributed by atoms with Crippen molar-refractivity contribution >= 4 is 5.69 Å². The van der Waals surface area contributed by atoms with Gasteiger partial charge in [-0.25, -0.2) is 8.78 Å². The Morgan fingerprint density at radius 3 is 2.83 bits per heavy atom. The molecule has 4 heterocycles. The summed E-state index contributed by atoms with van der Waals surface area (Å²) in [7, 11) is 0. The van der Waals surface area contributed by atoms with Crippen LogP contribution in [-0.4, -0.2) is 42.0 Å². The van der Waals surface area contributed by atoms with E-state index in [1.807, 2.05) is 23.1 Å². The van der Waals surface area contributed by atoms with Crippen molar-refractivity contribution in [2.45, 2.75) is 25.3 Å². The van der Waals surface area contributed by atoms with E-state index in [1.165, 1.54) is 0 Å². The van der Waals surface area contributed by atoms with Crippen molar-refractivity contribution < 1.29 is 13.2 Å². The predicted molar refractivity (Wildman–Crippen MR) is 87.0 cm³/mol. The van der Waals surface area contributed by atoms with E-state index < -0.39 is 11.3 Å². The molecule has 0 radical (unpaired) electrons. The average Bonchev–Trinajstić information content (AvgIpc) is 3.23. The maximum Gasteiger partial charge on any atom is 0.257 e. The fraction of sp³-hybridized carbons (Fsp3) is 0.500. The van der Waals surface area contributed by atoms with Crippen LogP contribution in [0.3, 0.4) is 0 Å². The minimum Gasteiger partial charge on any atom is -0.472 e. The summed E-state index contributed by atoms with van der Waals surface area (Å²) in [4.78, 5) is 8.29. The van der Waals surface area contributed by atoms with Gasteiger partial charge < -0.3 is 9.32 Å². The second kappa shape index (κ2) is 5.84. The van der Waals surface area contributed by atoms with Gasteiger partial charge in [-0.15, -0.1) is 0 Å². The summed E-state index contributed by atoms with van der Waals surface area (Å²) in [5.74, 6) is -2.63. The van der Waals surface area contributed by atoms with Crippen molar-refractivity contribution in [2.75, 3.05) is 31.1 Å². The van der Waals surface area contributed by atoms with Gasteiger partial charge in [0.25, 0.3) is 5.92 Å². The number of hydrogen-bond acceptors (Lipinski definition) is 4. The molecule has 24 heavy (non-hydrogen) atoms. The minimum absolute atomic E-state index is 0.0776. The molecule has 128 valence electrons. The lowest BCUT2D eigenvalue weighted by Gasteiger charge is -2.46. The van der Waals surface area contributed by atoms with Gasteiger partial charge in [-0.05, 0) is 24.6 Å². The molecule has 1 spiro atoms. The first-order valence-corrected chi connectivity index (χ1v) is 8.34. The normalized spacial score (nSPS) is 27.0. The van der Waals surface area contributed by atoms with Gasteiger partial charge in [-0.2, -0.15) is 0 Å². The highest BCUT2D eigenvalue weighted by atomic mass is 19.3. The summed E-state index contributed by atoms with van der Waals surface area (Å²) in [5, 5.41) is 0. The number of alkyl halides is 2. The molecule has 4 nitrogen and oxygen atoms in total. The van der Waals surface area contributed by atoms with Gasteiger partial charge in [0.1, 0.15) is 0 Å². The van der Waals surface area contributed by atoms with Gasteiger partial charge in [0.15, 0.2) is 0 Å². The molecule has 4 rings (SSSR count). The molecule has 6 heteroatoms. The molecule has 2 aliphatic heterocycles. The van der Waals surface area contributed by atoms with Crippen molar-refractivity contribution in [1.82, 2.24) is 9.88 Å². The van der Waals surface area contributed by atoms with Crippen LogP contribution in [0.4, 0.5) is 14.5 Å². The van der Waals surface area contributed by atoms with Crippen LogP contribution in [0.25, 0.3) is 0 Å². The van der Waals surface area contributed by atoms with Gasteiger partial charge in [0, 0.05) is 50.9 Å². The number of likely N-dealkylation sites (tertiary alicyclic amines) is 1. The second-order valence-corrected chi connectivity index (χ2v) is 6.96. The molecule has 2 saturated heterocycles. The number of halogens is 2. The lowest BCUT2D eigenvalue weighted by Crippen LogP contribution is -2.56. The third-order valence-corrected chi connectivity index (χ3v) is 5.40. The summed E-state index contributed by atoms with van der Waals surface area (Å²) in [5.41, 5.74) is 0.986. The fourth-order valence-electron chi connectivity index (χ4n) is 4.02. The number of rotatable bonds is 3. The SMILES string of the molecule is FC1(F)CCN(Cc2ccoc2)C[C@@]12CCN(c1cccnc1)C2. The third-order valence-electron chi connectivity index (χ3n) is 5.40. The van der Waals surface area contributed by atoms with Crippen molar-refractivity contribution in [2.24, 2.45) is 5.41 Å². The van der Waals surface area contributed by atoms with E-state index in [0.717, 1.165) is 11.3 Å². The quantitative estimate of drug-likeness (QED) is 0.862. The highest BCUT2D eigenvalue weighted by Crippen LogP contribution is 2.50. The standard InChI is InChI=1S/C18H21F2N3O/c19-18(20)5-7-22(11-15-3-9-24-12-15)13-17(18)4-8-23(14-17)16-2-1-6-21-10-16/h1-3,6,9-10,12H,4-5,7-8,11,13-14H2/t17-/m1/s1. The summed E-state index contributed by atoms with van der Waals surface area (Å²) >= 11 is 0. The van der Waals surface area contributed by atoms with Crippen LogP contribution in [0, 0.1) is 5.41 Å². The highest BCUT2D eigenvalue weighted by molar-refractivity contribution is 5.45. The minimum atomic E-state index is -2.63. The molecule has 2 aliphatic rings. The van der Waals surface area contributed by atoms with Crippen molar-refractivity contribution in [3.63, 3.8) is 0 Å². The maximum absolute atomic E-state index is 14.8. The molecule has 2 aromatic rings. The average molecular weight is 333 g/mol. The van der Waals surface area contributed by atoms with Crippen LogP contribution >= 0.6 is 0 Å². The molecule has 2 aromatic heterocycles. The van der Waals surface area contributed by atoms with Crippen LogP contribution < -0.4 is 4.90 Å². The predicted octanol–water partition coefficient (Wildman–Crippen LogP) is 3.41. The second-order valence-electron chi connectivity index (χ2n) is 6.96. The zero-order chi connectivity index (χ0) is 16.6. The Balaban J connectivity index is 1.53. The number of nitrogens with zero attached hydrogens (tertiary/aromatic N) is 3. The molecule has 0 N–H and O–H groups in total. The van der Waals surface area contributed by atoms with Crippen molar-refractivity contribution in [1.29, 1.82) is 0 Å². The Morgan fingerprint density at radius 2 is 2.08 bits per heavy atom. The highest BCUT2D eigenvalue weighted by Gasteiger charge is 2.59. The summed E-state index contributed by atoms with van der Waals surface area (Å²) < 4.78 is 34.7. The fourth-order valence-corrected chi connectivity index (χ4v) is 4.02. The number of anilines is 1. The van der Waals surface area contributed by atoms with Crippen LogP contribution in [0.1, 0.15) is 18.4 Å². The van der Waals surface area contributed by atoms with Crippen molar-refractivity contribution in [3.05, 3.63) is 48.7 Å². The Labute approximate surface area is 140 Å². The van der Waals surface area contributed by atoms with E-state index in [2.05, 4.69) is 9.88 Å². The molecular formula is C18H21F2N3O. The Morgan fingerprint density at radius 1 is 1.17 bits per heavy atom. The molecule has 0 bridgehead atoms. The molecule has 0 unspecified atom stereocenters. The van der Waals surface area contributed by atoms with E-state index >= 15 is 0 Å². The lowest BCUT2D eigenvalue weighted by molar-refractivity contribution is -0.158. The van der Waals surface area contributed by atoms with E-state index in [9.17, 15) is 8.78 Å². The zero-order valence-electron chi connectivity index (χ0n) is 13.5. The molecule has 0 aromatic carbocycles. The van der Waals surface area contributed by atoms with E-state index in [0.29, 0.717) is 39.1 Å². The third kappa shape index (κ3) is 2.69. The number of hydrogen-bond donors (Lipinski definition) is 0. The van der Waals surface area contributed by atoms with E-state index in [4.69, 9.17) is 4.42 Å². The topological polar surface area (TPSA) is 32.5 Å². The zero-order valence-corrected chi connectivity index (χ0v) is 13.5. The van der Waals surface area contributed by atoms with Crippen LogP contribution in [0.2, 0.25) is 0 Å². The number of piperidine rings is 1. The largest absolute Gasteiger partial charge is 0.472 e. The van der Waals surface area contributed by atoms with Crippen LogP contribution in [0.15, 0.2) is 47.5 Å². The van der Waals surface area contributed by atoms with Gasteiger partial charge in [0.05, 0.1) is 29.8 Å². The van der Waals surface area contributed by atoms with Gasteiger partial charge in [0.2, 0.25) is 0 Å². The summed E-state index contributed by atoms with van der Waals surface area (Å²) in [6.07, 6.45) is 7.21. The first-order chi connectivity index (χ1) is 11.6. The maximum atomic E-state index is 14.8. The molecule has 0 saturated carbocycles. The van der Waals surface area contributed by atoms with Crippen LogP contribution in [-0.2, 0) is 6.54 Å². The Kier molecular flexibility index (Phi) is 3.79. The number of furan rings is 1. The summed E-state index contributed by atoms with van der Waals surface area (Å²) in [6.45, 7) is 2.55. The molecule has 2 fully saturated rings. The van der Waals surface area contributed by atoms with Crippen LogP contribution in [0.5, 0.6) is 0 Å². The number of aromatic nitrogens is 1. The van der Waals surface area contributed by atoms with Gasteiger partial charge in [-0.1, -0.05) is 0 Å². The summed E-state index contributed by atoms with van der Waals surface area (Å²) in [6, 6.07) is 5.69. The van der Waals surface area contributed by atoms with Gasteiger partial charge in [-0.3, -0.25) is 9.88 Å². The monoisotopic (exact) mass is 333 g/mol. The Bertz CT molecular complexity index is 677. The van der Waals surface area contributed by atoms with E-state index in [-0.39, 0.29) is 6.42 Å². The molecule has 1 atom stereocenters. The van der Waals surface area contributed by atoms with Gasteiger partial charge >= 0.3 is 0 Å². The lowest BCUT2D eigenvalue weighted by atomic mass is 9.75. The molecule has 0 aliphatic carbocycles.